The van der Waals surface area contributed by atoms with Crippen molar-refractivity contribution < 1.29 is 4.74 Å². The summed E-state index contributed by atoms with van der Waals surface area (Å²) in [5.74, 6) is 1.07. The number of morpholine rings is 1. The second-order valence-corrected chi connectivity index (χ2v) is 8.73. The van der Waals surface area contributed by atoms with Crippen molar-refractivity contribution in [1.29, 1.82) is 0 Å². The van der Waals surface area contributed by atoms with E-state index in [0.717, 1.165) is 37.6 Å². The van der Waals surface area contributed by atoms with E-state index in [4.69, 9.17) is 10.5 Å². The van der Waals surface area contributed by atoms with Crippen LogP contribution in [0.25, 0.3) is 0 Å². The van der Waals surface area contributed by atoms with Gasteiger partial charge in [0.2, 0.25) is 5.95 Å². The van der Waals surface area contributed by atoms with E-state index in [1.54, 1.807) is 18.6 Å². The first-order valence-electron chi connectivity index (χ1n) is 12.0. The van der Waals surface area contributed by atoms with Crippen molar-refractivity contribution in [3.05, 3.63) is 54.0 Å². The number of nitrogens with one attached hydrogen (secondary N) is 2. The van der Waals surface area contributed by atoms with Crippen LogP contribution in [0.1, 0.15) is 24.1 Å². The fourth-order valence-electron chi connectivity index (χ4n) is 4.39. The van der Waals surface area contributed by atoms with E-state index in [-0.39, 0.29) is 0 Å². The van der Waals surface area contributed by atoms with Crippen molar-refractivity contribution >= 4 is 40.7 Å². The van der Waals surface area contributed by atoms with Gasteiger partial charge in [0.1, 0.15) is 0 Å². The van der Waals surface area contributed by atoms with Gasteiger partial charge in [-0.3, -0.25) is 4.98 Å². The molecule has 0 atom stereocenters. The Labute approximate surface area is 205 Å². The largest absolute Gasteiger partial charge is 0.394 e. The lowest BCUT2D eigenvalue weighted by molar-refractivity contribution is 0.122. The van der Waals surface area contributed by atoms with Crippen LogP contribution in [0.4, 0.5) is 34.5 Å². The number of anilines is 6. The molecular weight excluding hydrogens is 442 g/mol. The van der Waals surface area contributed by atoms with Gasteiger partial charge >= 0.3 is 0 Å². The molecule has 0 bridgehead atoms. The van der Waals surface area contributed by atoms with Gasteiger partial charge in [-0.2, -0.15) is 10.1 Å². The second-order valence-electron chi connectivity index (χ2n) is 8.73. The lowest BCUT2D eigenvalue weighted by Crippen LogP contribution is -2.37. The average molecular weight is 474 g/mol. The minimum Gasteiger partial charge on any atom is -0.394 e. The van der Waals surface area contributed by atoms with Gasteiger partial charge in [0.25, 0.3) is 0 Å². The van der Waals surface area contributed by atoms with Crippen LogP contribution in [0.3, 0.4) is 0 Å². The van der Waals surface area contributed by atoms with Crippen molar-refractivity contribution in [2.24, 2.45) is 5.10 Å². The molecule has 10 nitrogen and oxygen atoms in total. The van der Waals surface area contributed by atoms with Gasteiger partial charge in [-0.25, -0.2) is 10.4 Å². The van der Waals surface area contributed by atoms with Crippen molar-refractivity contribution in [2.75, 3.05) is 65.7 Å². The first kappa shape index (κ1) is 22.9. The van der Waals surface area contributed by atoms with Gasteiger partial charge < -0.3 is 25.6 Å². The molecule has 0 unspecified atom stereocenters. The highest BCUT2D eigenvalue weighted by Gasteiger charge is 2.16. The van der Waals surface area contributed by atoms with Crippen molar-refractivity contribution in [2.45, 2.75) is 19.8 Å². The Morgan fingerprint density at radius 1 is 0.971 bits per heavy atom. The number of pyridine rings is 1. The molecule has 3 aromatic rings. The number of nitrogen functional groups attached to an aromatic ring is 1. The quantitative estimate of drug-likeness (QED) is 0.351. The highest BCUT2D eigenvalue weighted by molar-refractivity contribution is 5.78. The highest BCUT2D eigenvalue weighted by Crippen LogP contribution is 2.28. The third-order valence-corrected chi connectivity index (χ3v) is 6.19. The Hall–Kier alpha value is -3.92. The van der Waals surface area contributed by atoms with Crippen LogP contribution < -0.4 is 26.3 Å². The number of aryl methyl sites for hydroxylation is 1. The molecule has 0 radical (unpaired) electrons. The summed E-state index contributed by atoms with van der Waals surface area (Å²) in [5.41, 5.74) is 14.7. The second kappa shape index (κ2) is 10.6. The molecule has 4 heterocycles. The molecule has 2 aliphatic heterocycles. The van der Waals surface area contributed by atoms with E-state index in [0.29, 0.717) is 36.4 Å². The number of hydrazone groups is 1. The van der Waals surface area contributed by atoms with Crippen LogP contribution in [-0.2, 0) is 4.74 Å². The Kier molecular flexibility index (Phi) is 6.89. The predicted molar refractivity (Wildman–Crippen MR) is 141 cm³/mol. The summed E-state index contributed by atoms with van der Waals surface area (Å²) in [4.78, 5) is 17.7. The first-order valence-corrected chi connectivity index (χ1v) is 12.0. The smallest absolute Gasteiger partial charge is 0.245 e. The summed E-state index contributed by atoms with van der Waals surface area (Å²) in [6.45, 7) is 7.27. The van der Waals surface area contributed by atoms with Crippen LogP contribution in [-0.4, -0.2) is 60.6 Å². The molecule has 35 heavy (non-hydrogen) atoms. The molecule has 0 amide bonds. The van der Waals surface area contributed by atoms with Crippen LogP contribution in [0, 0.1) is 6.92 Å². The zero-order valence-corrected chi connectivity index (χ0v) is 19.9. The number of benzene rings is 1. The van der Waals surface area contributed by atoms with E-state index in [1.807, 2.05) is 12.1 Å². The van der Waals surface area contributed by atoms with Crippen LogP contribution in [0.2, 0.25) is 0 Å². The number of aromatic nitrogens is 3. The summed E-state index contributed by atoms with van der Waals surface area (Å²) in [6, 6.07) is 10.4. The Bertz CT molecular complexity index is 1170. The summed E-state index contributed by atoms with van der Waals surface area (Å²) < 4.78 is 5.40. The molecule has 0 aliphatic carbocycles. The third kappa shape index (κ3) is 5.60. The maximum atomic E-state index is 6.06. The van der Waals surface area contributed by atoms with Crippen LogP contribution in [0.5, 0.6) is 0 Å². The van der Waals surface area contributed by atoms with Crippen molar-refractivity contribution in [3.8, 4) is 0 Å². The standard InChI is InChI=1S/C25H31N9O/c1-18-14-19(6-7-23(18)33-8-2-3-9-33)30-21-5-4-20(27-15-21)16-29-32-25-28-17-22(26)24(31-25)34-10-12-35-13-11-34/h4-7,14-17,30H,2-3,8-13,26H2,1H3,(H,28,31,32)/b29-16+. The SMILES string of the molecule is Cc1cc(Nc2ccc(/C=N/Nc3ncc(N)c(N4CCOCC4)n3)nc2)ccc1N1CCCC1. The number of rotatable bonds is 7. The molecule has 1 aromatic carbocycles. The zero-order valence-electron chi connectivity index (χ0n) is 19.9. The van der Waals surface area contributed by atoms with E-state index < -0.39 is 0 Å². The van der Waals surface area contributed by atoms with Gasteiger partial charge in [0.15, 0.2) is 5.82 Å². The number of nitrogens with two attached hydrogens (primary N) is 1. The average Bonchev–Trinajstić information content (AvgIpc) is 3.41. The maximum absolute atomic E-state index is 6.06. The van der Waals surface area contributed by atoms with E-state index in [1.165, 1.54) is 24.1 Å². The summed E-state index contributed by atoms with van der Waals surface area (Å²) >= 11 is 0. The maximum Gasteiger partial charge on any atom is 0.245 e. The fourth-order valence-corrected chi connectivity index (χ4v) is 4.39. The third-order valence-electron chi connectivity index (χ3n) is 6.19. The normalized spacial score (nSPS) is 16.1. The number of nitrogens with zero attached hydrogens (tertiary/aromatic N) is 6. The molecule has 2 aliphatic rings. The number of hydrogen-bond acceptors (Lipinski definition) is 10. The molecule has 10 heteroatoms. The minimum absolute atomic E-state index is 0.378. The summed E-state index contributed by atoms with van der Waals surface area (Å²) in [5, 5.41) is 7.66. The Morgan fingerprint density at radius 3 is 2.51 bits per heavy atom. The molecular formula is C25H31N9O. The van der Waals surface area contributed by atoms with Gasteiger partial charge in [-0.15, -0.1) is 0 Å². The minimum atomic E-state index is 0.378. The zero-order chi connectivity index (χ0) is 24.0. The fraction of sp³-hybridized carbons (Fsp3) is 0.360. The number of ether oxygens (including phenoxy) is 1. The van der Waals surface area contributed by atoms with E-state index in [2.05, 4.69) is 65.7 Å². The van der Waals surface area contributed by atoms with Gasteiger partial charge in [0.05, 0.1) is 48.9 Å². The van der Waals surface area contributed by atoms with Crippen molar-refractivity contribution in [3.63, 3.8) is 0 Å². The molecule has 2 fully saturated rings. The molecule has 5 rings (SSSR count). The molecule has 2 aromatic heterocycles. The molecule has 0 saturated carbocycles. The van der Waals surface area contributed by atoms with E-state index >= 15 is 0 Å². The molecule has 0 spiro atoms. The lowest BCUT2D eigenvalue weighted by atomic mass is 10.1. The van der Waals surface area contributed by atoms with E-state index in [9.17, 15) is 0 Å². The van der Waals surface area contributed by atoms with Crippen molar-refractivity contribution in [1.82, 2.24) is 15.0 Å². The Morgan fingerprint density at radius 2 is 1.77 bits per heavy atom. The lowest BCUT2D eigenvalue weighted by Gasteiger charge is -2.28. The van der Waals surface area contributed by atoms with Gasteiger partial charge in [-0.1, -0.05) is 0 Å². The molecule has 2 saturated heterocycles. The topological polar surface area (TPSA) is 117 Å². The Balaban J connectivity index is 1.18. The monoisotopic (exact) mass is 473 g/mol. The number of hydrogen-bond donors (Lipinski definition) is 3. The predicted octanol–water partition coefficient (Wildman–Crippen LogP) is 3.39. The summed E-state index contributed by atoms with van der Waals surface area (Å²) in [6.07, 6.45) is 7.57. The van der Waals surface area contributed by atoms with Gasteiger partial charge in [-0.05, 0) is 55.7 Å². The van der Waals surface area contributed by atoms with Gasteiger partial charge in [0, 0.05) is 37.6 Å². The highest BCUT2D eigenvalue weighted by atomic mass is 16.5. The van der Waals surface area contributed by atoms with Crippen LogP contribution >= 0.6 is 0 Å². The summed E-state index contributed by atoms with van der Waals surface area (Å²) in [7, 11) is 0. The molecule has 4 N–H and O–H groups in total. The molecule has 182 valence electrons. The first-order chi connectivity index (χ1) is 17.2. The van der Waals surface area contributed by atoms with Crippen LogP contribution in [0.15, 0.2) is 47.8 Å².